The highest BCUT2D eigenvalue weighted by molar-refractivity contribution is 6.00. The first-order chi connectivity index (χ1) is 7.90. The quantitative estimate of drug-likeness (QED) is 0.478. The topological polar surface area (TPSA) is 35.8 Å². The lowest BCUT2D eigenvalue weighted by Gasteiger charge is -2.14. The molecule has 1 heterocycles. The second-order valence-corrected chi connectivity index (χ2v) is 4.21. The van der Waals surface area contributed by atoms with Crippen molar-refractivity contribution in [1.82, 2.24) is 4.90 Å². The summed E-state index contributed by atoms with van der Waals surface area (Å²) < 4.78 is 0. The first-order valence-corrected chi connectivity index (χ1v) is 5.89. The van der Waals surface area contributed by atoms with Gasteiger partial charge in [-0.1, -0.05) is 35.5 Å². The second-order valence-electron chi connectivity index (χ2n) is 4.21. The maximum absolute atomic E-state index is 9.02. The molecule has 0 atom stereocenters. The van der Waals surface area contributed by atoms with Crippen LogP contribution in [0, 0.1) is 0 Å². The fraction of sp³-hybridized carbons (Fsp3) is 0.462. The van der Waals surface area contributed by atoms with Crippen molar-refractivity contribution in [2.75, 3.05) is 19.6 Å². The van der Waals surface area contributed by atoms with E-state index in [1.165, 1.54) is 25.9 Å². The molecular formula is C13H18N2O. The van der Waals surface area contributed by atoms with E-state index in [4.69, 9.17) is 5.21 Å². The van der Waals surface area contributed by atoms with Gasteiger partial charge in [0.2, 0.25) is 0 Å². The molecule has 0 unspecified atom stereocenters. The Bertz CT molecular complexity index is 342. The molecule has 1 aromatic rings. The van der Waals surface area contributed by atoms with Crippen LogP contribution in [0.2, 0.25) is 0 Å². The van der Waals surface area contributed by atoms with Crippen molar-refractivity contribution >= 4 is 5.71 Å². The molecule has 1 fully saturated rings. The van der Waals surface area contributed by atoms with Crippen LogP contribution in [0.4, 0.5) is 0 Å². The van der Waals surface area contributed by atoms with Crippen LogP contribution in [-0.2, 0) is 0 Å². The van der Waals surface area contributed by atoms with E-state index in [1.807, 2.05) is 30.3 Å². The minimum atomic E-state index is 0.785. The summed E-state index contributed by atoms with van der Waals surface area (Å²) in [6.07, 6.45) is 3.42. The van der Waals surface area contributed by atoms with Gasteiger partial charge in [-0.15, -0.1) is 0 Å². The van der Waals surface area contributed by atoms with Gasteiger partial charge in [-0.05, 0) is 31.5 Å². The minimum Gasteiger partial charge on any atom is -0.411 e. The van der Waals surface area contributed by atoms with Crippen LogP contribution in [0.25, 0.3) is 0 Å². The Morgan fingerprint density at radius 1 is 1.19 bits per heavy atom. The molecule has 3 heteroatoms. The number of oxime groups is 1. The minimum absolute atomic E-state index is 0.785. The number of hydrogen-bond acceptors (Lipinski definition) is 3. The van der Waals surface area contributed by atoms with Crippen LogP contribution < -0.4 is 0 Å². The number of rotatable bonds is 4. The molecule has 0 saturated carbocycles. The van der Waals surface area contributed by atoms with E-state index in [9.17, 15) is 0 Å². The zero-order valence-electron chi connectivity index (χ0n) is 9.47. The molecule has 0 spiro atoms. The molecule has 86 valence electrons. The van der Waals surface area contributed by atoms with Gasteiger partial charge in [-0.2, -0.15) is 0 Å². The molecule has 0 radical (unpaired) electrons. The van der Waals surface area contributed by atoms with Gasteiger partial charge in [0.25, 0.3) is 0 Å². The van der Waals surface area contributed by atoms with Gasteiger partial charge in [0, 0.05) is 13.0 Å². The zero-order chi connectivity index (χ0) is 11.2. The van der Waals surface area contributed by atoms with Crippen LogP contribution >= 0.6 is 0 Å². The monoisotopic (exact) mass is 218 g/mol. The third-order valence-corrected chi connectivity index (χ3v) is 3.09. The normalized spacial score (nSPS) is 17.9. The first-order valence-electron chi connectivity index (χ1n) is 5.89. The van der Waals surface area contributed by atoms with Crippen LogP contribution in [0.3, 0.4) is 0 Å². The number of nitrogens with zero attached hydrogens (tertiary/aromatic N) is 2. The molecule has 1 N–H and O–H groups in total. The third-order valence-electron chi connectivity index (χ3n) is 3.09. The summed E-state index contributed by atoms with van der Waals surface area (Å²) in [5.74, 6) is 0. The maximum Gasteiger partial charge on any atom is 0.0880 e. The SMILES string of the molecule is O/N=C(/CCN1CCCC1)c1ccccc1. The van der Waals surface area contributed by atoms with Crippen LogP contribution in [0.5, 0.6) is 0 Å². The fourth-order valence-corrected chi connectivity index (χ4v) is 2.15. The van der Waals surface area contributed by atoms with E-state index in [2.05, 4.69) is 10.1 Å². The number of benzene rings is 1. The average Bonchev–Trinajstić information content (AvgIpc) is 2.84. The largest absolute Gasteiger partial charge is 0.411 e. The van der Waals surface area contributed by atoms with E-state index in [0.29, 0.717) is 0 Å². The van der Waals surface area contributed by atoms with Gasteiger partial charge < -0.3 is 10.1 Å². The predicted molar refractivity (Wildman–Crippen MR) is 65.1 cm³/mol. The van der Waals surface area contributed by atoms with Gasteiger partial charge in [-0.3, -0.25) is 0 Å². The Kier molecular flexibility index (Phi) is 3.94. The van der Waals surface area contributed by atoms with Crippen molar-refractivity contribution in [3.8, 4) is 0 Å². The van der Waals surface area contributed by atoms with Crippen molar-refractivity contribution in [3.63, 3.8) is 0 Å². The van der Waals surface area contributed by atoms with Crippen LogP contribution in [-0.4, -0.2) is 35.5 Å². The van der Waals surface area contributed by atoms with Gasteiger partial charge >= 0.3 is 0 Å². The molecule has 0 aliphatic carbocycles. The lowest BCUT2D eigenvalue weighted by molar-refractivity contribution is 0.313. The molecule has 1 aliphatic rings. The molecular weight excluding hydrogens is 200 g/mol. The lowest BCUT2D eigenvalue weighted by atomic mass is 10.1. The van der Waals surface area contributed by atoms with Crippen LogP contribution in [0.15, 0.2) is 35.5 Å². The number of hydrogen-bond donors (Lipinski definition) is 1. The van der Waals surface area contributed by atoms with E-state index >= 15 is 0 Å². The molecule has 1 saturated heterocycles. The summed E-state index contributed by atoms with van der Waals surface area (Å²) in [5.41, 5.74) is 1.80. The maximum atomic E-state index is 9.02. The van der Waals surface area contributed by atoms with E-state index in [-0.39, 0.29) is 0 Å². The Morgan fingerprint density at radius 3 is 2.50 bits per heavy atom. The van der Waals surface area contributed by atoms with Gasteiger partial charge in [0.15, 0.2) is 0 Å². The highest BCUT2D eigenvalue weighted by Crippen LogP contribution is 2.10. The van der Waals surface area contributed by atoms with Crippen molar-refractivity contribution in [3.05, 3.63) is 35.9 Å². The van der Waals surface area contributed by atoms with E-state index in [1.54, 1.807) is 0 Å². The summed E-state index contributed by atoms with van der Waals surface area (Å²) in [4.78, 5) is 2.42. The Balaban J connectivity index is 1.91. The molecule has 16 heavy (non-hydrogen) atoms. The summed E-state index contributed by atoms with van der Waals surface area (Å²) in [6.45, 7) is 3.37. The summed E-state index contributed by atoms with van der Waals surface area (Å²) >= 11 is 0. The Morgan fingerprint density at radius 2 is 1.88 bits per heavy atom. The van der Waals surface area contributed by atoms with Gasteiger partial charge in [0.1, 0.15) is 0 Å². The molecule has 0 amide bonds. The summed E-state index contributed by atoms with van der Waals surface area (Å²) in [7, 11) is 0. The van der Waals surface area contributed by atoms with Crippen molar-refractivity contribution in [2.45, 2.75) is 19.3 Å². The van der Waals surface area contributed by atoms with Gasteiger partial charge in [-0.25, -0.2) is 0 Å². The number of likely N-dealkylation sites (tertiary alicyclic amines) is 1. The van der Waals surface area contributed by atoms with Crippen molar-refractivity contribution < 1.29 is 5.21 Å². The first kappa shape index (κ1) is 11.1. The summed E-state index contributed by atoms with van der Waals surface area (Å²) in [6, 6.07) is 9.88. The lowest BCUT2D eigenvalue weighted by Crippen LogP contribution is -2.22. The van der Waals surface area contributed by atoms with Gasteiger partial charge in [0.05, 0.1) is 5.71 Å². The summed E-state index contributed by atoms with van der Waals surface area (Å²) in [5, 5.41) is 12.4. The molecule has 2 rings (SSSR count). The molecule has 0 bridgehead atoms. The smallest absolute Gasteiger partial charge is 0.0880 e. The Labute approximate surface area is 96.4 Å². The molecule has 0 aromatic heterocycles. The second kappa shape index (κ2) is 5.66. The highest BCUT2D eigenvalue weighted by Gasteiger charge is 2.12. The van der Waals surface area contributed by atoms with E-state index < -0.39 is 0 Å². The average molecular weight is 218 g/mol. The predicted octanol–water partition coefficient (Wildman–Crippen LogP) is 2.35. The molecule has 1 aromatic carbocycles. The standard InChI is InChI=1S/C13H18N2O/c16-14-13(12-6-2-1-3-7-12)8-11-15-9-4-5-10-15/h1-3,6-7,16H,4-5,8-11H2/b14-13-. The van der Waals surface area contributed by atoms with Crippen LogP contribution in [0.1, 0.15) is 24.8 Å². The van der Waals surface area contributed by atoms with E-state index in [0.717, 1.165) is 24.2 Å². The Hall–Kier alpha value is -1.35. The zero-order valence-corrected chi connectivity index (χ0v) is 9.47. The fourth-order valence-electron chi connectivity index (χ4n) is 2.15. The van der Waals surface area contributed by atoms with Crippen molar-refractivity contribution in [1.29, 1.82) is 0 Å². The van der Waals surface area contributed by atoms with Crippen molar-refractivity contribution in [2.24, 2.45) is 5.16 Å². The molecule has 3 nitrogen and oxygen atoms in total. The molecule has 1 aliphatic heterocycles. The third kappa shape index (κ3) is 2.83. The highest BCUT2D eigenvalue weighted by atomic mass is 16.4.